The lowest BCUT2D eigenvalue weighted by atomic mass is 10.1. The number of nitrogens with zero attached hydrogens (tertiary/aromatic N) is 4. The average Bonchev–Trinajstić information content (AvgIpc) is 3.50. The molecule has 1 N–H and O–H groups in total. The first kappa shape index (κ1) is 25.7. The Morgan fingerprint density at radius 1 is 1.19 bits per heavy atom. The van der Waals surface area contributed by atoms with E-state index >= 15 is 0 Å². The van der Waals surface area contributed by atoms with E-state index in [1.807, 2.05) is 4.90 Å². The second-order valence-corrected chi connectivity index (χ2v) is 8.02. The van der Waals surface area contributed by atoms with Crippen molar-refractivity contribution in [1.82, 2.24) is 20.0 Å². The maximum atomic E-state index is 12.5. The molecule has 9 heteroatoms. The van der Waals surface area contributed by atoms with Crippen molar-refractivity contribution in [2.24, 2.45) is 4.99 Å². The number of halogens is 1. The smallest absolute Gasteiger partial charge is 0.289 e. The number of carbonyl (C=O) groups is 1. The van der Waals surface area contributed by atoms with Crippen LogP contribution < -0.4 is 5.32 Å². The molecule has 1 amide bonds. The fraction of sp³-hybridized carbons (Fsp3) is 0.545. The van der Waals surface area contributed by atoms with Gasteiger partial charge in [-0.25, -0.2) is 0 Å². The molecular weight excluding hydrogens is 525 g/mol. The highest BCUT2D eigenvalue weighted by Crippen LogP contribution is 2.23. The zero-order valence-electron chi connectivity index (χ0n) is 18.6. The SMILES string of the molecule is CCNC(=NCC(c1ccsc1)N(CC)CC)N1CCN(C(=O)c2ccco2)CC1.I. The Labute approximate surface area is 206 Å². The van der Waals surface area contributed by atoms with Crippen molar-refractivity contribution in [3.63, 3.8) is 0 Å². The van der Waals surface area contributed by atoms with E-state index in [0.29, 0.717) is 25.4 Å². The minimum Gasteiger partial charge on any atom is -0.459 e. The van der Waals surface area contributed by atoms with Crippen molar-refractivity contribution < 1.29 is 9.21 Å². The number of nitrogens with one attached hydrogen (secondary N) is 1. The van der Waals surface area contributed by atoms with E-state index in [9.17, 15) is 4.79 Å². The van der Waals surface area contributed by atoms with Gasteiger partial charge >= 0.3 is 0 Å². The minimum atomic E-state index is -0.0411. The highest BCUT2D eigenvalue weighted by atomic mass is 127. The first-order chi connectivity index (χ1) is 14.7. The maximum Gasteiger partial charge on any atom is 0.289 e. The summed E-state index contributed by atoms with van der Waals surface area (Å²) < 4.78 is 5.26. The van der Waals surface area contributed by atoms with Crippen LogP contribution in [0, 0.1) is 0 Å². The summed E-state index contributed by atoms with van der Waals surface area (Å²) in [5.74, 6) is 1.29. The van der Waals surface area contributed by atoms with Gasteiger partial charge in [0, 0.05) is 32.7 Å². The van der Waals surface area contributed by atoms with Crippen molar-refractivity contribution >= 4 is 47.2 Å². The van der Waals surface area contributed by atoms with E-state index < -0.39 is 0 Å². The van der Waals surface area contributed by atoms with E-state index in [1.54, 1.807) is 29.7 Å². The molecule has 1 atom stereocenters. The van der Waals surface area contributed by atoms with Gasteiger partial charge in [0.2, 0.25) is 0 Å². The Morgan fingerprint density at radius 3 is 2.45 bits per heavy atom. The van der Waals surface area contributed by atoms with Crippen LogP contribution in [0.2, 0.25) is 0 Å². The summed E-state index contributed by atoms with van der Waals surface area (Å²) in [5.41, 5.74) is 1.33. The van der Waals surface area contributed by atoms with Gasteiger partial charge in [-0.15, -0.1) is 24.0 Å². The van der Waals surface area contributed by atoms with E-state index in [-0.39, 0.29) is 35.9 Å². The van der Waals surface area contributed by atoms with Gasteiger partial charge < -0.3 is 19.5 Å². The number of piperazine rings is 1. The number of likely N-dealkylation sites (N-methyl/N-ethyl adjacent to an activating group) is 1. The molecule has 1 aliphatic rings. The first-order valence-corrected chi connectivity index (χ1v) is 11.7. The molecule has 3 heterocycles. The molecule has 0 radical (unpaired) electrons. The van der Waals surface area contributed by atoms with Gasteiger partial charge in [-0.2, -0.15) is 11.3 Å². The zero-order valence-corrected chi connectivity index (χ0v) is 21.8. The molecule has 0 saturated carbocycles. The number of rotatable bonds is 8. The maximum absolute atomic E-state index is 12.5. The number of aliphatic imine (C=N–C) groups is 1. The third-order valence-corrected chi connectivity index (χ3v) is 6.23. The predicted octanol–water partition coefficient (Wildman–Crippen LogP) is 3.77. The summed E-state index contributed by atoms with van der Waals surface area (Å²) in [6.07, 6.45) is 1.54. The van der Waals surface area contributed by atoms with Crippen molar-refractivity contribution in [1.29, 1.82) is 0 Å². The van der Waals surface area contributed by atoms with Gasteiger partial charge in [-0.3, -0.25) is 14.7 Å². The Kier molecular flexibility index (Phi) is 10.8. The molecule has 7 nitrogen and oxygen atoms in total. The van der Waals surface area contributed by atoms with Gasteiger partial charge in [0.05, 0.1) is 18.8 Å². The van der Waals surface area contributed by atoms with Gasteiger partial charge in [0.1, 0.15) is 0 Å². The van der Waals surface area contributed by atoms with Crippen LogP contribution >= 0.6 is 35.3 Å². The van der Waals surface area contributed by atoms with Crippen molar-refractivity contribution in [2.75, 3.05) is 52.4 Å². The second kappa shape index (κ2) is 13.1. The molecule has 0 aromatic carbocycles. The number of carbonyl (C=O) groups excluding carboxylic acids is 1. The van der Waals surface area contributed by atoms with Crippen molar-refractivity contribution in [3.8, 4) is 0 Å². The summed E-state index contributed by atoms with van der Waals surface area (Å²) in [6.45, 7) is 12.9. The summed E-state index contributed by atoms with van der Waals surface area (Å²) in [6, 6.07) is 5.95. The Balaban J connectivity index is 0.00000341. The molecule has 2 aromatic heterocycles. The van der Waals surface area contributed by atoms with Crippen LogP contribution in [0.25, 0.3) is 0 Å². The molecule has 0 spiro atoms. The average molecular weight is 560 g/mol. The van der Waals surface area contributed by atoms with Crippen LogP contribution in [0.5, 0.6) is 0 Å². The summed E-state index contributed by atoms with van der Waals surface area (Å²) >= 11 is 1.73. The molecule has 2 aromatic rings. The predicted molar refractivity (Wildman–Crippen MR) is 138 cm³/mol. The van der Waals surface area contributed by atoms with Crippen LogP contribution in [-0.2, 0) is 0 Å². The number of hydrogen-bond donors (Lipinski definition) is 1. The fourth-order valence-electron chi connectivity index (χ4n) is 3.84. The molecule has 172 valence electrons. The first-order valence-electron chi connectivity index (χ1n) is 10.8. The topological polar surface area (TPSA) is 64.3 Å². The summed E-state index contributed by atoms with van der Waals surface area (Å²) in [4.78, 5) is 24.1. The third kappa shape index (κ3) is 6.69. The Hall–Kier alpha value is -1.59. The van der Waals surface area contributed by atoms with E-state index in [1.165, 1.54) is 5.56 Å². The van der Waals surface area contributed by atoms with Crippen LogP contribution in [0.3, 0.4) is 0 Å². The van der Waals surface area contributed by atoms with Crippen molar-refractivity contribution in [3.05, 3.63) is 46.5 Å². The van der Waals surface area contributed by atoms with E-state index in [0.717, 1.165) is 38.7 Å². The molecule has 1 unspecified atom stereocenters. The molecule has 31 heavy (non-hydrogen) atoms. The van der Waals surface area contributed by atoms with E-state index in [4.69, 9.17) is 9.41 Å². The van der Waals surface area contributed by atoms with Crippen LogP contribution in [0.1, 0.15) is 42.9 Å². The van der Waals surface area contributed by atoms with Crippen LogP contribution in [0.4, 0.5) is 0 Å². The lowest BCUT2D eigenvalue weighted by molar-refractivity contribution is 0.0657. The highest BCUT2D eigenvalue weighted by molar-refractivity contribution is 14.0. The highest BCUT2D eigenvalue weighted by Gasteiger charge is 2.26. The summed E-state index contributed by atoms with van der Waals surface area (Å²) in [5, 5.41) is 7.80. The van der Waals surface area contributed by atoms with Gasteiger partial charge in [0.15, 0.2) is 11.7 Å². The number of thiophene rings is 1. The monoisotopic (exact) mass is 559 g/mol. The molecule has 1 saturated heterocycles. The minimum absolute atomic E-state index is 0. The number of hydrogen-bond acceptors (Lipinski definition) is 5. The van der Waals surface area contributed by atoms with Crippen molar-refractivity contribution in [2.45, 2.75) is 26.8 Å². The lowest BCUT2D eigenvalue weighted by Gasteiger charge is -2.36. The zero-order chi connectivity index (χ0) is 21.3. The van der Waals surface area contributed by atoms with Gasteiger partial charge in [-0.1, -0.05) is 13.8 Å². The molecule has 1 aliphatic heterocycles. The van der Waals surface area contributed by atoms with Crippen LogP contribution in [0.15, 0.2) is 44.6 Å². The number of furan rings is 1. The largest absolute Gasteiger partial charge is 0.459 e. The third-order valence-electron chi connectivity index (χ3n) is 5.53. The molecular formula is C22H34IN5O2S. The van der Waals surface area contributed by atoms with E-state index in [2.05, 4.69) is 52.7 Å². The normalized spacial score (nSPS) is 15.7. The van der Waals surface area contributed by atoms with Gasteiger partial charge in [-0.05, 0) is 54.5 Å². The fourth-order valence-corrected chi connectivity index (χ4v) is 4.54. The molecule has 3 rings (SSSR count). The van der Waals surface area contributed by atoms with Crippen LogP contribution in [-0.4, -0.2) is 78.9 Å². The Morgan fingerprint density at radius 2 is 1.90 bits per heavy atom. The molecule has 0 bridgehead atoms. The second-order valence-electron chi connectivity index (χ2n) is 7.24. The lowest BCUT2D eigenvalue weighted by Crippen LogP contribution is -2.54. The number of amides is 1. The molecule has 1 fully saturated rings. The molecule has 0 aliphatic carbocycles. The summed E-state index contributed by atoms with van der Waals surface area (Å²) in [7, 11) is 0. The Bertz CT molecular complexity index is 785. The standard InChI is InChI=1S/C22H33N5O2S.HI/c1-4-23-22(24-16-19(25(5-2)6-3)18-9-15-30-17-18)27-12-10-26(11-13-27)21(28)20-8-7-14-29-20;/h7-9,14-15,17,19H,4-6,10-13,16H2,1-3H3,(H,23,24);1H. The number of guanidine groups is 1. The quantitative estimate of drug-likeness (QED) is 0.303. The van der Waals surface area contributed by atoms with Gasteiger partial charge in [0.25, 0.3) is 5.91 Å².